The van der Waals surface area contributed by atoms with Crippen molar-refractivity contribution in [3.8, 4) is 5.69 Å². The molecule has 96 valence electrons. The predicted molar refractivity (Wildman–Crippen MR) is 69.7 cm³/mol. The first-order chi connectivity index (χ1) is 8.85. The highest BCUT2D eigenvalue weighted by atomic mass is 16.5. The number of aromatic nitrogens is 3. The molecule has 0 bridgehead atoms. The second kappa shape index (κ2) is 6.28. The second-order valence-electron chi connectivity index (χ2n) is 3.96. The van der Waals surface area contributed by atoms with Gasteiger partial charge in [0, 0.05) is 7.11 Å². The highest BCUT2D eigenvalue weighted by Crippen LogP contribution is 2.11. The van der Waals surface area contributed by atoms with Gasteiger partial charge in [-0.15, -0.1) is 0 Å². The van der Waals surface area contributed by atoms with Gasteiger partial charge in [0.1, 0.15) is 5.69 Å². The molecule has 1 unspecified atom stereocenters. The van der Waals surface area contributed by atoms with E-state index in [1.807, 2.05) is 30.3 Å². The Balaban J connectivity index is 2.18. The standard InChI is InChI=1S/C13H18N4O/c1-3-14-13(10-18-2)12-9-15-17(16-12)11-7-5-4-6-8-11/h4-9,13-14H,3,10H2,1-2H3. The summed E-state index contributed by atoms with van der Waals surface area (Å²) in [6.45, 7) is 3.51. The molecule has 0 spiro atoms. The zero-order valence-corrected chi connectivity index (χ0v) is 10.7. The Hall–Kier alpha value is -1.72. The van der Waals surface area contributed by atoms with Crippen molar-refractivity contribution in [2.45, 2.75) is 13.0 Å². The summed E-state index contributed by atoms with van der Waals surface area (Å²) in [6.07, 6.45) is 1.78. The molecule has 0 aliphatic carbocycles. The van der Waals surface area contributed by atoms with Gasteiger partial charge >= 0.3 is 0 Å². The number of hydrogen-bond acceptors (Lipinski definition) is 4. The fourth-order valence-electron chi connectivity index (χ4n) is 1.78. The Morgan fingerprint density at radius 3 is 2.78 bits per heavy atom. The highest BCUT2D eigenvalue weighted by Gasteiger charge is 2.14. The van der Waals surface area contributed by atoms with E-state index in [1.165, 1.54) is 0 Å². The summed E-state index contributed by atoms with van der Waals surface area (Å²) in [6, 6.07) is 9.94. The topological polar surface area (TPSA) is 52.0 Å². The first-order valence-electron chi connectivity index (χ1n) is 6.05. The van der Waals surface area contributed by atoms with Crippen LogP contribution < -0.4 is 5.32 Å². The average Bonchev–Trinajstić information content (AvgIpc) is 2.89. The smallest absolute Gasteiger partial charge is 0.102 e. The normalized spacial score (nSPS) is 12.6. The number of hydrogen-bond donors (Lipinski definition) is 1. The van der Waals surface area contributed by atoms with Gasteiger partial charge in [-0.1, -0.05) is 25.1 Å². The SMILES string of the molecule is CCNC(COC)c1cnn(-c2ccccc2)n1. The summed E-state index contributed by atoms with van der Waals surface area (Å²) in [5, 5.41) is 12.1. The minimum absolute atomic E-state index is 0.0810. The van der Waals surface area contributed by atoms with E-state index in [4.69, 9.17) is 4.74 Å². The highest BCUT2D eigenvalue weighted by molar-refractivity contribution is 5.28. The lowest BCUT2D eigenvalue weighted by Gasteiger charge is -2.13. The van der Waals surface area contributed by atoms with Crippen molar-refractivity contribution in [1.82, 2.24) is 20.3 Å². The van der Waals surface area contributed by atoms with Gasteiger partial charge in [-0.25, -0.2) is 0 Å². The van der Waals surface area contributed by atoms with Crippen molar-refractivity contribution in [2.75, 3.05) is 20.3 Å². The lowest BCUT2D eigenvalue weighted by atomic mass is 10.2. The Morgan fingerprint density at radius 2 is 2.11 bits per heavy atom. The van der Waals surface area contributed by atoms with E-state index in [0.29, 0.717) is 6.61 Å². The maximum atomic E-state index is 5.19. The van der Waals surface area contributed by atoms with E-state index < -0.39 is 0 Å². The van der Waals surface area contributed by atoms with Crippen LogP contribution in [0, 0.1) is 0 Å². The molecule has 5 heteroatoms. The molecule has 5 nitrogen and oxygen atoms in total. The second-order valence-corrected chi connectivity index (χ2v) is 3.96. The van der Waals surface area contributed by atoms with Crippen LogP contribution in [0.4, 0.5) is 0 Å². The fourth-order valence-corrected chi connectivity index (χ4v) is 1.78. The summed E-state index contributed by atoms with van der Waals surface area (Å²) in [5.41, 5.74) is 1.85. The third-order valence-corrected chi connectivity index (χ3v) is 2.64. The molecule has 1 aromatic heterocycles. The maximum absolute atomic E-state index is 5.19. The van der Waals surface area contributed by atoms with Gasteiger partial charge in [-0.2, -0.15) is 15.0 Å². The number of benzene rings is 1. The molecule has 1 atom stereocenters. The van der Waals surface area contributed by atoms with Gasteiger partial charge in [0.25, 0.3) is 0 Å². The van der Waals surface area contributed by atoms with E-state index in [9.17, 15) is 0 Å². The van der Waals surface area contributed by atoms with Crippen LogP contribution in [0.3, 0.4) is 0 Å². The number of likely N-dealkylation sites (N-methyl/N-ethyl adjacent to an activating group) is 1. The van der Waals surface area contributed by atoms with Crippen LogP contribution in [0.15, 0.2) is 36.5 Å². The van der Waals surface area contributed by atoms with Crippen LogP contribution >= 0.6 is 0 Å². The number of nitrogens with zero attached hydrogens (tertiary/aromatic N) is 3. The Bertz CT molecular complexity index is 463. The third-order valence-electron chi connectivity index (χ3n) is 2.64. The minimum Gasteiger partial charge on any atom is -0.383 e. The van der Waals surface area contributed by atoms with Crippen molar-refractivity contribution in [3.05, 3.63) is 42.2 Å². The van der Waals surface area contributed by atoms with Crippen LogP contribution in [0.1, 0.15) is 18.7 Å². The van der Waals surface area contributed by atoms with Gasteiger partial charge in [-0.05, 0) is 18.7 Å². The quantitative estimate of drug-likeness (QED) is 0.840. The van der Waals surface area contributed by atoms with Crippen LogP contribution in [0.5, 0.6) is 0 Å². The van der Waals surface area contributed by atoms with Crippen LogP contribution in [-0.2, 0) is 4.74 Å². The van der Waals surface area contributed by atoms with Gasteiger partial charge < -0.3 is 10.1 Å². The summed E-state index contributed by atoms with van der Waals surface area (Å²) in [5.74, 6) is 0. The minimum atomic E-state index is 0.0810. The largest absolute Gasteiger partial charge is 0.383 e. The van der Waals surface area contributed by atoms with Gasteiger partial charge in [0.05, 0.1) is 24.5 Å². The molecule has 2 aromatic rings. The van der Waals surface area contributed by atoms with Crippen LogP contribution in [0.2, 0.25) is 0 Å². The maximum Gasteiger partial charge on any atom is 0.102 e. The molecule has 1 aromatic carbocycles. The molecule has 1 N–H and O–H groups in total. The molecule has 0 aliphatic rings. The van der Waals surface area contributed by atoms with Gasteiger partial charge in [0.2, 0.25) is 0 Å². The molecule has 0 aliphatic heterocycles. The van der Waals surface area contributed by atoms with Crippen molar-refractivity contribution in [2.24, 2.45) is 0 Å². The number of ether oxygens (including phenoxy) is 1. The molecule has 0 amide bonds. The number of rotatable bonds is 6. The lowest BCUT2D eigenvalue weighted by molar-refractivity contribution is 0.166. The molecule has 0 saturated carbocycles. The zero-order valence-electron chi connectivity index (χ0n) is 10.7. The molecule has 2 rings (SSSR count). The Labute approximate surface area is 107 Å². The molecule has 0 saturated heterocycles. The van der Waals surface area contributed by atoms with Crippen molar-refractivity contribution in [1.29, 1.82) is 0 Å². The van der Waals surface area contributed by atoms with Crippen LogP contribution in [-0.4, -0.2) is 35.3 Å². The zero-order chi connectivity index (χ0) is 12.8. The molecule has 0 radical (unpaired) electrons. The van der Waals surface area contributed by atoms with E-state index >= 15 is 0 Å². The van der Waals surface area contributed by atoms with Gasteiger partial charge in [-0.3, -0.25) is 0 Å². The van der Waals surface area contributed by atoms with Gasteiger partial charge in [0.15, 0.2) is 0 Å². The van der Waals surface area contributed by atoms with E-state index in [1.54, 1.807) is 18.1 Å². The summed E-state index contributed by atoms with van der Waals surface area (Å²) < 4.78 is 5.19. The predicted octanol–water partition coefficient (Wildman–Crippen LogP) is 1.56. The fraction of sp³-hybridized carbons (Fsp3) is 0.385. The lowest BCUT2D eigenvalue weighted by Crippen LogP contribution is -2.25. The number of para-hydroxylation sites is 1. The molecular formula is C13H18N4O. The summed E-state index contributed by atoms with van der Waals surface area (Å²) in [7, 11) is 1.69. The average molecular weight is 246 g/mol. The third kappa shape index (κ3) is 2.94. The number of nitrogens with one attached hydrogen (secondary N) is 1. The first-order valence-corrected chi connectivity index (χ1v) is 6.05. The van der Waals surface area contributed by atoms with Crippen molar-refractivity contribution < 1.29 is 4.74 Å². The van der Waals surface area contributed by atoms with E-state index in [-0.39, 0.29) is 6.04 Å². The summed E-state index contributed by atoms with van der Waals surface area (Å²) in [4.78, 5) is 1.63. The Kier molecular flexibility index (Phi) is 4.44. The molecule has 18 heavy (non-hydrogen) atoms. The van der Waals surface area contributed by atoms with Crippen molar-refractivity contribution in [3.63, 3.8) is 0 Å². The summed E-state index contributed by atoms with van der Waals surface area (Å²) >= 11 is 0. The number of methoxy groups -OCH3 is 1. The Morgan fingerprint density at radius 1 is 1.33 bits per heavy atom. The van der Waals surface area contributed by atoms with E-state index in [2.05, 4.69) is 22.4 Å². The first kappa shape index (κ1) is 12.7. The molecule has 0 fully saturated rings. The molecule has 1 heterocycles. The molecular weight excluding hydrogens is 228 g/mol. The van der Waals surface area contributed by atoms with E-state index in [0.717, 1.165) is 17.9 Å². The van der Waals surface area contributed by atoms with Crippen LogP contribution in [0.25, 0.3) is 5.69 Å². The van der Waals surface area contributed by atoms with Crippen molar-refractivity contribution >= 4 is 0 Å². The monoisotopic (exact) mass is 246 g/mol.